The molecule has 0 radical (unpaired) electrons. The van der Waals surface area contributed by atoms with Crippen LogP contribution in [0.15, 0.2) is 41.4 Å². The zero-order chi connectivity index (χ0) is 18.4. The van der Waals surface area contributed by atoms with Crippen molar-refractivity contribution in [2.24, 2.45) is 10.4 Å². The van der Waals surface area contributed by atoms with Crippen molar-refractivity contribution in [2.75, 3.05) is 0 Å². The maximum atomic E-state index is 14.8. The highest BCUT2D eigenvalue weighted by atomic mass is 19.1. The van der Waals surface area contributed by atoms with Gasteiger partial charge in [-0.1, -0.05) is 36.6 Å². The first-order valence-electron chi connectivity index (χ1n) is 9.33. The van der Waals surface area contributed by atoms with E-state index in [-0.39, 0.29) is 11.2 Å². The molecule has 0 unspecified atom stereocenters. The van der Waals surface area contributed by atoms with Crippen LogP contribution in [0, 0.1) is 22.7 Å². The first-order chi connectivity index (χ1) is 13.2. The summed E-state index contributed by atoms with van der Waals surface area (Å²) in [5.74, 6) is -0.230. The van der Waals surface area contributed by atoms with Gasteiger partial charge < -0.3 is 0 Å². The number of fused-ring (bicyclic) bond motifs is 2. The minimum Gasteiger partial charge on any atom is -0.212 e. The summed E-state index contributed by atoms with van der Waals surface area (Å²) in [6.45, 7) is 0. The number of hydrogen-bond acceptors (Lipinski definition) is 4. The quantitative estimate of drug-likeness (QED) is 0.607. The molecule has 2 aliphatic rings. The van der Waals surface area contributed by atoms with Crippen LogP contribution in [-0.4, -0.2) is 20.7 Å². The number of halogens is 1. The summed E-state index contributed by atoms with van der Waals surface area (Å²) < 4.78 is 16.5. The number of aromatic nitrogens is 3. The predicted molar refractivity (Wildman–Crippen MR) is 100 cm³/mol. The van der Waals surface area contributed by atoms with Crippen LogP contribution in [0.2, 0.25) is 0 Å². The summed E-state index contributed by atoms with van der Waals surface area (Å²) in [5.41, 5.74) is 4.26. The maximum absolute atomic E-state index is 14.8. The van der Waals surface area contributed by atoms with Crippen molar-refractivity contribution < 1.29 is 4.39 Å². The van der Waals surface area contributed by atoms with Gasteiger partial charge in [0.25, 0.3) is 0 Å². The van der Waals surface area contributed by atoms with Gasteiger partial charge in [0.05, 0.1) is 16.9 Å². The van der Waals surface area contributed by atoms with E-state index in [4.69, 9.17) is 0 Å². The first-order valence-corrected chi connectivity index (χ1v) is 9.33. The maximum Gasteiger partial charge on any atom is 0.205 e. The van der Waals surface area contributed by atoms with Crippen LogP contribution in [-0.2, 0) is 6.42 Å². The molecule has 0 amide bonds. The van der Waals surface area contributed by atoms with E-state index in [1.54, 1.807) is 10.7 Å². The van der Waals surface area contributed by atoms with E-state index in [9.17, 15) is 9.65 Å². The Morgan fingerprint density at radius 1 is 1.11 bits per heavy atom. The Morgan fingerprint density at radius 2 is 1.93 bits per heavy atom. The van der Waals surface area contributed by atoms with E-state index in [0.29, 0.717) is 12.0 Å². The molecule has 0 bridgehead atoms. The van der Waals surface area contributed by atoms with Gasteiger partial charge in [-0.15, -0.1) is 5.10 Å². The number of hydrogen-bond donors (Lipinski definition) is 0. The Bertz CT molecular complexity index is 1120. The van der Waals surface area contributed by atoms with E-state index in [1.165, 1.54) is 12.5 Å². The van der Waals surface area contributed by atoms with E-state index in [0.717, 1.165) is 53.7 Å². The van der Waals surface area contributed by atoms with Crippen molar-refractivity contribution in [3.05, 3.63) is 53.3 Å². The lowest BCUT2D eigenvalue weighted by Gasteiger charge is -2.33. The third kappa shape index (κ3) is 2.31. The summed E-state index contributed by atoms with van der Waals surface area (Å²) in [6.07, 6.45) is 7.82. The fraction of sp³-hybridized carbons (Fsp3) is 0.333. The van der Waals surface area contributed by atoms with Crippen molar-refractivity contribution in [1.82, 2.24) is 15.0 Å². The standard InChI is InChI=1S/C21H18FN5/c22-15-8-9-18(27-17-7-3-2-6-16(17)25-26-27)19-14(15)12-21(20(19)24-13-23)10-4-1-5-11-21/h2-3,6-9H,1,4-5,10-12H2/b24-20-. The molecular weight excluding hydrogens is 341 g/mol. The Balaban J connectivity index is 1.78. The van der Waals surface area contributed by atoms with Crippen LogP contribution in [0.4, 0.5) is 4.39 Å². The second kappa shape index (κ2) is 5.98. The molecule has 0 N–H and O–H groups in total. The third-order valence-electron chi connectivity index (χ3n) is 6.04. The molecule has 5 rings (SSSR count). The SMILES string of the molecule is N#C/N=C1/c2c(-n3nnc4ccccc43)ccc(F)c2CC12CCCCC2. The normalized spacial score (nSPS) is 19.5. The van der Waals surface area contributed by atoms with Crippen molar-refractivity contribution in [3.63, 3.8) is 0 Å². The van der Waals surface area contributed by atoms with Crippen molar-refractivity contribution in [3.8, 4) is 11.9 Å². The largest absolute Gasteiger partial charge is 0.212 e. The molecule has 1 saturated carbocycles. The Morgan fingerprint density at radius 3 is 2.74 bits per heavy atom. The number of aliphatic imine (C=N–C) groups is 1. The smallest absolute Gasteiger partial charge is 0.205 e. The van der Waals surface area contributed by atoms with Gasteiger partial charge >= 0.3 is 0 Å². The van der Waals surface area contributed by atoms with Gasteiger partial charge in [0, 0.05) is 16.5 Å². The highest BCUT2D eigenvalue weighted by Crippen LogP contribution is 2.49. The van der Waals surface area contributed by atoms with Crippen LogP contribution in [0.1, 0.15) is 43.2 Å². The predicted octanol–water partition coefficient (Wildman–Crippen LogP) is 4.34. The van der Waals surface area contributed by atoms with E-state index in [2.05, 4.69) is 15.3 Å². The summed E-state index contributed by atoms with van der Waals surface area (Å²) in [6, 6.07) is 10.9. The average Bonchev–Trinajstić information content (AvgIpc) is 3.25. The Labute approximate surface area is 156 Å². The van der Waals surface area contributed by atoms with Crippen LogP contribution in [0.3, 0.4) is 0 Å². The molecule has 1 heterocycles. The van der Waals surface area contributed by atoms with Crippen molar-refractivity contribution >= 4 is 16.7 Å². The summed E-state index contributed by atoms with van der Waals surface area (Å²) >= 11 is 0. The molecule has 2 aromatic carbocycles. The molecule has 6 heteroatoms. The van der Waals surface area contributed by atoms with Gasteiger partial charge in [-0.05, 0) is 43.5 Å². The molecule has 1 aromatic heterocycles. The lowest BCUT2D eigenvalue weighted by Crippen LogP contribution is -2.31. The zero-order valence-corrected chi connectivity index (χ0v) is 14.8. The first kappa shape index (κ1) is 16.1. The molecule has 1 spiro atoms. The Kier molecular flexibility index (Phi) is 3.57. The van der Waals surface area contributed by atoms with Gasteiger partial charge in [0.2, 0.25) is 6.19 Å². The van der Waals surface area contributed by atoms with Crippen molar-refractivity contribution in [2.45, 2.75) is 38.5 Å². The second-order valence-corrected chi connectivity index (χ2v) is 7.49. The average molecular weight is 359 g/mol. The molecule has 5 nitrogen and oxygen atoms in total. The summed E-state index contributed by atoms with van der Waals surface area (Å²) in [5, 5.41) is 17.9. The lowest BCUT2D eigenvalue weighted by molar-refractivity contribution is 0.289. The molecule has 27 heavy (non-hydrogen) atoms. The van der Waals surface area contributed by atoms with E-state index < -0.39 is 0 Å². The molecule has 1 fully saturated rings. The zero-order valence-electron chi connectivity index (χ0n) is 14.8. The van der Waals surface area contributed by atoms with Gasteiger partial charge in [-0.2, -0.15) is 10.3 Å². The van der Waals surface area contributed by atoms with Crippen LogP contribution >= 0.6 is 0 Å². The van der Waals surface area contributed by atoms with E-state index >= 15 is 0 Å². The van der Waals surface area contributed by atoms with Gasteiger partial charge in [-0.25, -0.2) is 9.07 Å². The number of para-hydroxylation sites is 1. The number of nitrogens with zero attached hydrogens (tertiary/aromatic N) is 5. The number of rotatable bonds is 1. The van der Waals surface area contributed by atoms with Gasteiger partial charge in [0.15, 0.2) is 0 Å². The number of nitriles is 1. The Hall–Kier alpha value is -3.07. The van der Waals surface area contributed by atoms with Gasteiger partial charge in [-0.3, -0.25) is 0 Å². The highest BCUT2D eigenvalue weighted by Gasteiger charge is 2.46. The minimum absolute atomic E-state index is 0.230. The fourth-order valence-corrected chi connectivity index (χ4v) is 4.82. The highest BCUT2D eigenvalue weighted by molar-refractivity contribution is 6.12. The van der Waals surface area contributed by atoms with Crippen LogP contribution in [0.25, 0.3) is 16.7 Å². The van der Waals surface area contributed by atoms with Crippen LogP contribution in [0.5, 0.6) is 0 Å². The number of benzene rings is 2. The second-order valence-electron chi connectivity index (χ2n) is 7.49. The molecule has 2 aliphatic carbocycles. The van der Waals surface area contributed by atoms with Crippen molar-refractivity contribution in [1.29, 1.82) is 5.26 Å². The third-order valence-corrected chi connectivity index (χ3v) is 6.04. The molecule has 3 aromatic rings. The van der Waals surface area contributed by atoms with Gasteiger partial charge in [0.1, 0.15) is 11.3 Å². The molecule has 134 valence electrons. The molecule has 0 atom stereocenters. The lowest BCUT2D eigenvalue weighted by atomic mass is 9.71. The summed E-state index contributed by atoms with van der Waals surface area (Å²) in [7, 11) is 0. The topological polar surface area (TPSA) is 66.9 Å². The van der Waals surface area contributed by atoms with E-state index in [1.807, 2.05) is 30.5 Å². The molecular formula is C21H18FN5. The fourth-order valence-electron chi connectivity index (χ4n) is 4.82. The molecule has 0 saturated heterocycles. The van der Waals surface area contributed by atoms with Crippen LogP contribution < -0.4 is 0 Å². The minimum atomic E-state index is -0.232. The summed E-state index contributed by atoms with van der Waals surface area (Å²) in [4.78, 5) is 4.23. The molecule has 0 aliphatic heterocycles. The monoisotopic (exact) mass is 359 g/mol.